The summed E-state index contributed by atoms with van der Waals surface area (Å²) in [5, 5.41) is 14.4. The number of amides is 1. The normalized spacial score (nSPS) is 12.5. The lowest BCUT2D eigenvalue weighted by molar-refractivity contribution is -0.121. The number of carbonyl (C=O) groups excluding carboxylic acids is 1. The van der Waals surface area contributed by atoms with Crippen LogP contribution in [-0.2, 0) is 17.6 Å². The molecule has 0 bridgehead atoms. The molecule has 1 aromatic heterocycles. The Morgan fingerprint density at radius 1 is 1.73 bits per heavy atom. The van der Waals surface area contributed by atoms with Gasteiger partial charge in [-0.2, -0.15) is 0 Å². The summed E-state index contributed by atoms with van der Waals surface area (Å²) >= 11 is 1.58. The quantitative estimate of drug-likeness (QED) is 0.781. The van der Waals surface area contributed by atoms with Crippen molar-refractivity contribution < 1.29 is 9.90 Å². The zero-order chi connectivity index (χ0) is 11.3. The summed E-state index contributed by atoms with van der Waals surface area (Å²) in [5.41, 5.74) is 0.805. The highest BCUT2D eigenvalue weighted by molar-refractivity contribution is 7.09. The van der Waals surface area contributed by atoms with Crippen LogP contribution in [0.2, 0.25) is 0 Å². The van der Waals surface area contributed by atoms with Crippen molar-refractivity contribution in [3.8, 4) is 0 Å². The summed E-state index contributed by atoms with van der Waals surface area (Å²) in [4.78, 5) is 15.7. The number of aliphatic hydroxyl groups is 1. The average Bonchev–Trinajstić information content (AvgIpc) is 2.65. The number of nitrogens with zero attached hydrogens (tertiary/aromatic N) is 1. The summed E-state index contributed by atoms with van der Waals surface area (Å²) in [6.45, 7) is 3.76. The van der Waals surface area contributed by atoms with E-state index in [9.17, 15) is 4.79 Å². The van der Waals surface area contributed by atoms with Crippen LogP contribution in [0.1, 0.15) is 24.5 Å². The molecule has 1 amide bonds. The first-order chi connectivity index (χ1) is 7.15. The topological polar surface area (TPSA) is 62.2 Å². The van der Waals surface area contributed by atoms with Crippen LogP contribution in [0.25, 0.3) is 0 Å². The van der Waals surface area contributed by atoms with Gasteiger partial charge in [-0.1, -0.05) is 6.92 Å². The van der Waals surface area contributed by atoms with Gasteiger partial charge >= 0.3 is 0 Å². The second-order valence-corrected chi connectivity index (χ2v) is 4.36. The SMILES string of the molecule is CCc1nc(CC(=O)NC(C)CO)cs1. The molecule has 2 N–H and O–H groups in total. The summed E-state index contributed by atoms with van der Waals surface area (Å²) in [6.07, 6.45) is 1.19. The van der Waals surface area contributed by atoms with Crippen LogP contribution in [-0.4, -0.2) is 28.6 Å². The molecule has 0 aliphatic heterocycles. The van der Waals surface area contributed by atoms with Crippen molar-refractivity contribution in [1.29, 1.82) is 0 Å². The van der Waals surface area contributed by atoms with E-state index in [1.54, 1.807) is 18.3 Å². The minimum Gasteiger partial charge on any atom is -0.394 e. The third-order valence-corrected chi connectivity index (χ3v) is 2.97. The minimum absolute atomic E-state index is 0.0387. The van der Waals surface area contributed by atoms with E-state index in [1.165, 1.54) is 0 Å². The Bertz CT molecular complexity index is 325. The van der Waals surface area contributed by atoms with E-state index >= 15 is 0 Å². The summed E-state index contributed by atoms with van der Waals surface area (Å²) in [6, 6.07) is -0.193. The van der Waals surface area contributed by atoms with Gasteiger partial charge in [-0.05, 0) is 13.3 Å². The number of hydrogen-bond donors (Lipinski definition) is 2. The maximum Gasteiger partial charge on any atom is 0.226 e. The fourth-order valence-corrected chi connectivity index (χ4v) is 1.87. The van der Waals surface area contributed by atoms with E-state index < -0.39 is 0 Å². The van der Waals surface area contributed by atoms with Gasteiger partial charge in [0.15, 0.2) is 0 Å². The molecular formula is C10H16N2O2S. The van der Waals surface area contributed by atoms with Gasteiger partial charge < -0.3 is 10.4 Å². The third kappa shape index (κ3) is 3.97. The number of aromatic nitrogens is 1. The number of thiazole rings is 1. The van der Waals surface area contributed by atoms with Crippen molar-refractivity contribution >= 4 is 17.2 Å². The predicted octanol–water partition coefficient (Wildman–Crippen LogP) is 0.745. The molecule has 1 heterocycles. The molecule has 1 atom stereocenters. The Hall–Kier alpha value is -0.940. The van der Waals surface area contributed by atoms with Crippen molar-refractivity contribution in [3.05, 3.63) is 16.1 Å². The number of nitrogens with one attached hydrogen (secondary N) is 1. The van der Waals surface area contributed by atoms with Gasteiger partial charge in [-0.3, -0.25) is 4.79 Å². The Labute approximate surface area is 93.4 Å². The molecule has 0 aliphatic carbocycles. The molecule has 0 aromatic carbocycles. The number of aliphatic hydroxyl groups excluding tert-OH is 1. The molecule has 0 fully saturated rings. The highest BCUT2D eigenvalue weighted by Gasteiger charge is 2.09. The number of carbonyl (C=O) groups is 1. The maximum atomic E-state index is 11.4. The van der Waals surface area contributed by atoms with E-state index in [2.05, 4.69) is 10.3 Å². The highest BCUT2D eigenvalue weighted by atomic mass is 32.1. The Morgan fingerprint density at radius 3 is 3.00 bits per heavy atom. The second-order valence-electron chi connectivity index (χ2n) is 3.41. The van der Waals surface area contributed by atoms with E-state index in [-0.39, 0.29) is 18.6 Å². The molecule has 1 aromatic rings. The second kappa shape index (κ2) is 5.82. The third-order valence-electron chi connectivity index (χ3n) is 1.92. The zero-order valence-electron chi connectivity index (χ0n) is 8.99. The smallest absolute Gasteiger partial charge is 0.226 e. The standard InChI is InChI=1S/C10H16N2O2S/c1-3-10-12-8(6-15-10)4-9(14)11-7(2)5-13/h6-7,13H,3-5H2,1-2H3,(H,11,14). The van der Waals surface area contributed by atoms with Crippen LogP contribution in [0.3, 0.4) is 0 Å². The van der Waals surface area contributed by atoms with Crippen molar-refractivity contribution in [1.82, 2.24) is 10.3 Å². The first-order valence-corrected chi connectivity index (χ1v) is 5.87. The molecule has 15 heavy (non-hydrogen) atoms. The summed E-state index contributed by atoms with van der Waals surface area (Å²) in [7, 11) is 0. The van der Waals surface area contributed by atoms with Crippen LogP contribution >= 0.6 is 11.3 Å². The Kier molecular flexibility index (Phi) is 4.71. The lowest BCUT2D eigenvalue weighted by atomic mass is 10.3. The molecule has 5 heteroatoms. The van der Waals surface area contributed by atoms with Crippen molar-refractivity contribution in [2.45, 2.75) is 32.7 Å². The molecule has 1 unspecified atom stereocenters. The van der Waals surface area contributed by atoms with E-state index in [4.69, 9.17) is 5.11 Å². The van der Waals surface area contributed by atoms with Gasteiger partial charge in [-0.15, -0.1) is 11.3 Å². The summed E-state index contributed by atoms with van der Waals surface area (Å²) in [5.74, 6) is -0.0931. The van der Waals surface area contributed by atoms with E-state index in [1.807, 2.05) is 12.3 Å². The van der Waals surface area contributed by atoms with Crippen LogP contribution in [0.4, 0.5) is 0 Å². The molecular weight excluding hydrogens is 212 g/mol. The number of rotatable bonds is 5. The fraction of sp³-hybridized carbons (Fsp3) is 0.600. The molecule has 1 rings (SSSR count). The Balaban J connectivity index is 2.44. The van der Waals surface area contributed by atoms with Crippen LogP contribution in [0.5, 0.6) is 0 Å². The summed E-state index contributed by atoms with van der Waals surface area (Å²) < 4.78 is 0. The monoisotopic (exact) mass is 228 g/mol. The van der Waals surface area contributed by atoms with Crippen LogP contribution < -0.4 is 5.32 Å². The zero-order valence-corrected chi connectivity index (χ0v) is 9.80. The van der Waals surface area contributed by atoms with Gasteiger partial charge in [-0.25, -0.2) is 4.98 Å². The van der Waals surface area contributed by atoms with E-state index in [0.29, 0.717) is 6.42 Å². The number of aryl methyl sites for hydroxylation is 1. The highest BCUT2D eigenvalue weighted by Crippen LogP contribution is 2.10. The average molecular weight is 228 g/mol. The molecule has 4 nitrogen and oxygen atoms in total. The van der Waals surface area contributed by atoms with Gasteiger partial charge in [0, 0.05) is 11.4 Å². The maximum absolute atomic E-state index is 11.4. The number of hydrogen-bond acceptors (Lipinski definition) is 4. The lowest BCUT2D eigenvalue weighted by Gasteiger charge is -2.09. The molecule has 84 valence electrons. The molecule has 0 aliphatic rings. The first-order valence-electron chi connectivity index (χ1n) is 4.99. The van der Waals surface area contributed by atoms with Crippen molar-refractivity contribution in [2.24, 2.45) is 0 Å². The first kappa shape index (κ1) is 12.1. The Morgan fingerprint density at radius 2 is 2.47 bits per heavy atom. The molecule has 0 saturated carbocycles. The molecule has 0 radical (unpaired) electrons. The van der Waals surface area contributed by atoms with Crippen LogP contribution in [0, 0.1) is 0 Å². The van der Waals surface area contributed by atoms with Gasteiger partial charge in [0.2, 0.25) is 5.91 Å². The van der Waals surface area contributed by atoms with Gasteiger partial charge in [0.05, 0.1) is 23.7 Å². The lowest BCUT2D eigenvalue weighted by Crippen LogP contribution is -2.36. The minimum atomic E-state index is -0.193. The van der Waals surface area contributed by atoms with Gasteiger partial charge in [0.25, 0.3) is 0 Å². The fourth-order valence-electron chi connectivity index (χ4n) is 1.13. The molecule has 0 spiro atoms. The largest absolute Gasteiger partial charge is 0.394 e. The van der Waals surface area contributed by atoms with Crippen molar-refractivity contribution in [2.75, 3.05) is 6.61 Å². The van der Waals surface area contributed by atoms with Gasteiger partial charge in [0.1, 0.15) is 0 Å². The van der Waals surface area contributed by atoms with E-state index in [0.717, 1.165) is 17.1 Å². The van der Waals surface area contributed by atoms with Crippen molar-refractivity contribution in [3.63, 3.8) is 0 Å². The van der Waals surface area contributed by atoms with Crippen LogP contribution in [0.15, 0.2) is 5.38 Å². The molecule has 0 saturated heterocycles. The predicted molar refractivity (Wildman–Crippen MR) is 59.9 cm³/mol.